The van der Waals surface area contributed by atoms with Gasteiger partial charge in [-0.05, 0) is 26.0 Å². The average molecular weight is 243 g/mol. The summed E-state index contributed by atoms with van der Waals surface area (Å²) in [5.74, 6) is 0. The van der Waals surface area contributed by atoms with Crippen LogP contribution < -0.4 is 4.90 Å². The molecule has 0 atom stereocenters. The van der Waals surface area contributed by atoms with E-state index < -0.39 is 12.7 Å². The van der Waals surface area contributed by atoms with Crippen molar-refractivity contribution in [1.82, 2.24) is 4.98 Å². The van der Waals surface area contributed by atoms with Crippen molar-refractivity contribution in [2.45, 2.75) is 26.1 Å². The molecule has 6 heteroatoms. The number of aromatic nitrogens is 1. The quantitative estimate of drug-likeness (QED) is 0.819. The van der Waals surface area contributed by atoms with E-state index in [-0.39, 0.29) is 11.7 Å². The summed E-state index contributed by atoms with van der Waals surface area (Å²) in [5, 5.41) is 8.56. The van der Waals surface area contributed by atoms with Crippen LogP contribution in [0.1, 0.15) is 19.5 Å². The number of alkyl halides is 3. The molecule has 0 aliphatic rings. The van der Waals surface area contributed by atoms with Crippen molar-refractivity contribution in [3.8, 4) is 6.07 Å². The van der Waals surface area contributed by atoms with E-state index in [1.54, 1.807) is 13.8 Å². The maximum Gasteiger partial charge on any atom is 0.405 e. The Hall–Kier alpha value is -1.77. The highest BCUT2D eigenvalue weighted by Crippen LogP contribution is 2.23. The molecule has 0 radical (unpaired) electrons. The molecule has 0 spiro atoms. The van der Waals surface area contributed by atoms with Crippen molar-refractivity contribution in [3.05, 3.63) is 24.0 Å². The van der Waals surface area contributed by atoms with Gasteiger partial charge in [0, 0.05) is 6.04 Å². The molecule has 0 bridgehead atoms. The van der Waals surface area contributed by atoms with Crippen LogP contribution in [0.5, 0.6) is 0 Å². The molecule has 1 aromatic rings. The maximum atomic E-state index is 12.4. The molecule has 17 heavy (non-hydrogen) atoms. The largest absolute Gasteiger partial charge is 0.405 e. The third-order valence-corrected chi connectivity index (χ3v) is 2.17. The van der Waals surface area contributed by atoms with Gasteiger partial charge >= 0.3 is 6.18 Å². The molecule has 0 saturated carbocycles. The number of pyridine rings is 1. The van der Waals surface area contributed by atoms with Gasteiger partial charge in [0.15, 0.2) is 0 Å². The first kappa shape index (κ1) is 13.3. The Morgan fingerprint density at radius 2 is 2.06 bits per heavy atom. The van der Waals surface area contributed by atoms with Crippen LogP contribution in [0.2, 0.25) is 0 Å². The Kier molecular flexibility index (Phi) is 3.94. The summed E-state index contributed by atoms with van der Waals surface area (Å²) >= 11 is 0. The molecule has 0 saturated heterocycles. The van der Waals surface area contributed by atoms with E-state index in [2.05, 4.69) is 4.98 Å². The summed E-state index contributed by atoms with van der Waals surface area (Å²) in [6.45, 7) is 2.31. The summed E-state index contributed by atoms with van der Waals surface area (Å²) in [7, 11) is 0. The second-order valence-electron chi connectivity index (χ2n) is 3.85. The number of rotatable bonds is 3. The minimum Gasteiger partial charge on any atom is -0.359 e. The highest BCUT2D eigenvalue weighted by Gasteiger charge is 2.32. The zero-order chi connectivity index (χ0) is 13.1. The van der Waals surface area contributed by atoms with Gasteiger partial charge in [-0.15, -0.1) is 0 Å². The van der Waals surface area contributed by atoms with Crippen molar-refractivity contribution >= 4 is 5.69 Å². The third kappa shape index (κ3) is 3.94. The molecule has 1 aromatic heterocycles. The number of hydrogen-bond acceptors (Lipinski definition) is 3. The average Bonchev–Trinajstić information content (AvgIpc) is 2.25. The molecule has 0 aliphatic carbocycles. The van der Waals surface area contributed by atoms with Crippen LogP contribution in [-0.4, -0.2) is 23.7 Å². The molecule has 0 fully saturated rings. The van der Waals surface area contributed by atoms with Crippen molar-refractivity contribution in [2.75, 3.05) is 11.4 Å². The molecule has 0 N–H and O–H groups in total. The Morgan fingerprint density at radius 3 is 2.41 bits per heavy atom. The van der Waals surface area contributed by atoms with Gasteiger partial charge in [-0.2, -0.15) is 18.4 Å². The van der Waals surface area contributed by atoms with Gasteiger partial charge in [-0.25, -0.2) is 4.98 Å². The molecule has 3 nitrogen and oxygen atoms in total. The molecular weight excluding hydrogens is 231 g/mol. The van der Waals surface area contributed by atoms with Crippen LogP contribution >= 0.6 is 0 Å². The first-order valence-corrected chi connectivity index (χ1v) is 5.03. The monoisotopic (exact) mass is 243 g/mol. The highest BCUT2D eigenvalue weighted by molar-refractivity contribution is 5.46. The minimum atomic E-state index is -4.27. The second kappa shape index (κ2) is 5.04. The number of hydrogen-bond donors (Lipinski definition) is 0. The van der Waals surface area contributed by atoms with E-state index in [1.807, 2.05) is 6.07 Å². The van der Waals surface area contributed by atoms with Gasteiger partial charge in [0.2, 0.25) is 0 Å². The fraction of sp³-hybridized carbons (Fsp3) is 0.455. The fourth-order valence-corrected chi connectivity index (χ4v) is 1.39. The highest BCUT2D eigenvalue weighted by atomic mass is 19.4. The molecule has 0 aliphatic heterocycles. The number of halogens is 3. The zero-order valence-electron chi connectivity index (χ0n) is 9.49. The molecule has 0 amide bonds. The fourth-order valence-electron chi connectivity index (χ4n) is 1.39. The zero-order valence-corrected chi connectivity index (χ0v) is 9.49. The van der Waals surface area contributed by atoms with E-state index in [0.717, 1.165) is 0 Å². The molecular formula is C11H12F3N3. The van der Waals surface area contributed by atoms with E-state index in [0.29, 0.717) is 5.69 Å². The molecule has 92 valence electrons. The van der Waals surface area contributed by atoms with E-state index >= 15 is 0 Å². The molecule has 1 heterocycles. The molecule has 0 unspecified atom stereocenters. The minimum absolute atomic E-state index is 0.185. The van der Waals surface area contributed by atoms with Crippen LogP contribution in [0.15, 0.2) is 18.3 Å². The van der Waals surface area contributed by atoms with Gasteiger partial charge in [0.25, 0.3) is 0 Å². The number of nitrogens with zero attached hydrogens (tertiary/aromatic N) is 3. The second-order valence-corrected chi connectivity index (χ2v) is 3.85. The van der Waals surface area contributed by atoms with Gasteiger partial charge in [0.1, 0.15) is 18.3 Å². The lowest BCUT2D eigenvalue weighted by molar-refractivity contribution is -0.120. The lowest BCUT2D eigenvalue weighted by Crippen LogP contribution is -2.39. The van der Waals surface area contributed by atoms with E-state index in [4.69, 9.17) is 5.26 Å². The van der Waals surface area contributed by atoms with Crippen molar-refractivity contribution < 1.29 is 13.2 Å². The standard InChI is InChI=1S/C11H12F3N3/c1-8(2)17(7-11(12,13)14)10-4-3-9(5-15)16-6-10/h3-4,6,8H,7H2,1-2H3. The number of anilines is 1. The van der Waals surface area contributed by atoms with Crippen LogP contribution in [-0.2, 0) is 0 Å². The molecule has 0 aromatic carbocycles. The van der Waals surface area contributed by atoms with Gasteiger partial charge in [-0.3, -0.25) is 0 Å². The summed E-state index contributed by atoms with van der Waals surface area (Å²) in [6, 6.07) is 4.39. The number of nitriles is 1. The summed E-state index contributed by atoms with van der Waals surface area (Å²) in [5.41, 5.74) is 0.542. The Morgan fingerprint density at radius 1 is 1.41 bits per heavy atom. The lowest BCUT2D eigenvalue weighted by Gasteiger charge is -2.29. The Balaban J connectivity index is 2.94. The normalized spacial score (nSPS) is 11.4. The predicted molar refractivity (Wildman–Crippen MR) is 57.5 cm³/mol. The van der Waals surface area contributed by atoms with Crippen LogP contribution in [0, 0.1) is 11.3 Å². The van der Waals surface area contributed by atoms with Crippen LogP contribution in [0.25, 0.3) is 0 Å². The van der Waals surface area contributed by atoms with Crippen molar-refractivity contribution in [2.24, 2.45) is 0 Å². The topological polar surface area (TPSA) is 39.9 Å². The molecule has 1 rings (SSSR count). The van der Waals surface area contributed by atoms with Crippen molar-refractivity contribution in [1.29, 1.82) is 5.26 Å². The maximum absolute atomic E-state index is 12.4. The third-order valence-electron chi connectivity index (χ3n) is 2.17. The summed E-state index contributed by atoms with van der Waals surface area (Å²) in [6.07, 6.45) is -2.98. The van der Waals surface area contributed by atoms with Gasteiger partial charge < -0.3 is 4.90 Å². The Labute approximate surface area is 97.5 Å². The van der Waals surface area contributed by atoms with Crippen LogP contribution in [0.3, 0.4) is 0 Å². The summed E-state index contributed by atoms with van der Waals surface area (Å²) in [4.78, 5) is 4.95. The van der Waals surface area contributed by atoms with Crippen LogP contribution in [0.4, 0.5) is 18.9 Å². The summed E-state index contributed by atoms with van der Waals surface area (Å²) < 4.78 is 37.1. The first-order chi connectivity index (χ1) is 7.83. The smallest absolute Gasteiger partial charge is 0.359 e. The van der Waals surface area contributed by atoms with E-state index in [1.165, 1.54) is 23.2 Å². The van der Waals surface area contributed by atoms with Gasteiger partial charge in [-0.1, -0.05) is 0 Å². The lowest BCUT2D eigenvalue weighted by atomic mass is 10.2. The van der Waals surface area contributed by atoms with Gasteiger partial charge in [0.05, 0.1) is 11.9 Å². The first-order valence-electron chi connectivity index (χ1n) is 5.03. The Bertz CT molecular complexity index is 403. The van der Waals surface area contributed by atoms with E-state index in [9.17, 15) is 13.2 Å². The van der Waals surface area contributed by atoms with Crippen molar-refractivity contribution in [3.63, 3.8) is 0 Å². The SMILES string of the molecule is CC(C)N(CC(F)(F)F)c1ccc(C#N)nc1. The predicted octanol–water partition coefficient (Wildman–Crippen LogP) is 2.73.